The highest BCUT2D eigenvalue weighted by Crippen LogP contribution is 2.29. The lowest BCUT2D eigenvalue weighted by atomic mass is 9.81. The van der Waals surface area contributed by atoms with E-state index in [9.17, 15) is 4.79 Å². The minimum Gasteiger partial charge on any atom is -0.354 e. The molecule has 2 aromatic heterocycles. The fraction of sp³-hybridized carbons (Fsp3) is 0.688. The van der Waals surface area contributed by atoms with Gasteiger partial charge in [-0.05, 0) is 61.9 Å². The zero-order chi connectivity index (χ0) is 16.9. The van der Waals surface area contributed by atoms with Crippen LogP contribution in [-0.2, 0) is 17.9 Å². The first-order chi connectivity index (χ1) is 11.6. The molecule has 1 saturated carbocycles. The zero-order valence-corrected chi connectivity index (χ0v) is 14.4. The maximum atomic E-state index is 12.3. The van der Waals surface area contributed by atoms with Crippen molar-refractivity contribution in [3.05, 3.63) is 23.8 Å². The first-order valence-corrected chi connectivity index (χ1v) is 8.61. The number of amides is 1. The Morgan fingerprint density at radius 1 is 1.29 bits per heavy atom. The number of carbonyl (C=O) groups is 1. The summed E-state index contributed by atoms with van der Waals surface area (Å²) in [4.78, 5) is 12.3. The lowest BCUT2D eigenvalue weighted by Gasteiger charge is -2.27. The summed E-state index contributed by atoms with van der Waals surface area (Å²) in [6, 6.07) is 2.05. The summed E-state index contributed by atoms with van der Waals surface area (Å²) < 4.78 is 3.72. The van der Waals surface area contributed by atoms with Gasteiger partial charge in [-0.2, -0.15) is 5.10 Å². The Labute approximate surface area is 141 Å². The van der Waals surface area contributed by atoms with Gasteiger partial charge in [0, 0.05) is 24.7 Å². The van der Waals surface area contributed by atoms with Gasteiger partial charge in [0.2, 0.25) is 5.91 Å². The summed E-state index contributed by atoms with van der Waals surface area (Å²) in [5.74, 6) is 0.875. The molecule has 0 spiro atoms. The summed E-state index contributed by atoms with van der Waals surface area (Å²) in [5.41, 5.74) is 2.14. The molecule has 8 nitrogen and oxygen atoms in total. The zero-order valence-electron chi connectivity index (χ0n) is 14.4. The standard InChI is InChI=1S/C16H25N7O/c1-12-9-13(2)23(19-12)8-7-17-16(24)15-5-3-14(4-6-15)10-22-11-18-20-21-22/h9,11,14-15H,3-8,10H2,1-2H3,(H,17,24). The third kappa shape index (κ3) is 4.18. The van der Waals surface area contributed by atoms with Gasteiger partial charge in [-0.15, -0.1) is 5.10 Å². The Balaban J connectivity index is 1.38. The van der Waals surface area contributed by atoms with Crippen LogP contribution in [-0.4, -0.2) is 42.4 Å². The second kappa shape index (κ2) is 7.55. The molecule has 130 valence electrons. The summed E-state index contributed by atoms with van der Waals surface area (Å²) >= 11 is 0. The molecule has 1 aliphatic rings. The van der Waals surface area contributed by atoms with E-state index in [-0.39, 0.29) is 11.8 Å². The van der Waals surface area contributed by atoms with Gasteiger partial charge in [-0.25, -0.2) is 4.68 Å². The number of nitrogens with one attached hydrogen (secondary N) is 1. The molecule has 1 N–H and O–H groups in total. The van der Waals surface area contributed by atoms with Gasteiger partial charge in [0.1, 0.15) is 6.33 Å². The van der Waals surface area contributed by atoms with Crippen molar-refractivity contribution in [1.82, 2.24) is 35.3 Å². The average Bonchev–Trinajstić information content (AvgIpc) is 3.18. The normalized spacial score (nSPS) is 20.9. The van der Waals surface area contributed by atoms with E-state index in [2.05, 4.69) is 25.9 Å². The minimum absolute atomic E-state index is 0.135. The Bertz CT molecular complexity index is 656. The Morgan fingerprint density at radius 3 is 2.71 bits per heavy atom. The Hall–Kier alpha value is -2.25. The molecule has 8 heteroatoms. The van der Waals surface area contributed by atoms with Crippen LogP contribution in [0.3, 0.4) is 0 Å². The van der Waals surface area contributed by atoms with E-state index in [1.807, 2.05) is 24.6 Å². The maximum absolute atomic E-state index is 12.3. The number of hydrogen-bond donors (Lipinski definition) is 1. The molecular formula is C16H25N7O. The topological polar surface area (TPSA) is 90.5 Å². The van der Waals surface area contributed by atoms with Crippen molar-refractivity contribution >= 4 is 5.91 Å². The van der Waals surface area contributed by atoms with Crippen LogP contribution >= 0.6 is 0 Å². The van der Waals surface area contributed by atoms with Crippen LogP contribution in [0.4, 0.5) is 0 Å². The van der Waals surface area contributed by atoms with Gasteiger partial charge in [0.25, 0.3) is 0 Å². The molecular weight excluding hydrogens is 306 g/mol. The summed E-state index contributed by atoms with van der Waals surface area (Å²) in [6.07, 6.45) is 5.64. The predicted molar refractivity (Wildman–Crippen MR) is 88.0 cm³/mol. The Kier molecular flexibility index (Phi) is 5.22. The third-order valence-electron chi connectivity index (χ3n) is 4.78. The van der Waals surface area contributed by atoms with E-state index in [0.29, 0.717) is 12.5 Å². The summed E-state index contributed by atoms with van der Waals surface area (Å²) in [5, 5.41) is 18.7. The number of tetrazole rings is 1. The van der Waals surface area contributed by atoms with E-state index < -0.39 is 0 Å². The van der Waals surface area contributed by atoms with E-state index in [1.165, 1.54) is 0 Å². The third-order valence-corrected chi connectivity index (χ3v) is 4.78. The highest BCUT2D eigenvalue weighted by molar-refractivity contribution is 5.78. The molecule has 3 rings (SSSR count). The van der Waals surface area contributed by atoms with Crippen LogP contribution in [0.1, 0.15) is 37.1 Å². The molecule has 24 heavy (non-hydrogen) atoms. The first kappa shape index (κ1) is 16.6. The van der Waals surface area contributed by atoms with E-state index in [0.717, 1.165) is 50.2 Å². The van der Waals surface area contributed by atoms with Crippen molar-refractivity contribution in [1.29, 1.82) is 0 Å². The van der Waals surface area contributed by atoms with Crippen LogP contribution in [0.15, 0.2) is 12.4 Å². The fourth-order valence-electron chi connectivity index (χ4n) is 3.47. The maximum Gasteiger partial charge on any atom is 0.223 e. The number of nitrogens with zero attached hydrogens (tertiary/aromatic N) is 6. The van der Waals surface area contributed by atoms with E-state index in [4.69, 9.17) is 0 Å². The van der Waals surface area contributed by atoms with E-state index >= 15 is 0 Å². The highest BCUT2D eigenvalue weighted by atomic mass is 16.1. The van der Waals surface area contributed by atoms with Gasteiger partial charge < -0.3 is 5.32 Å². The monoisotopic (exact) mass is 331 g/mol. The summed E-state index contributed by atoms with van der Waals surface area (Å²) in [7, 11) is 0. The number of aryl methyl sites for hydroxylation is 2. The SMILES string of the molecule is Cc1cc(C)n(CCNC(=O)C2CCC(Cn3cnnn3)CC2)n1. The van der Waals surface area contributed by atoms with Crippen molar-refractivity contribution < 1.29 is 4.79 Å². The molecule has 0 saturated heterocycles. The van der Waals surface area contributed by atoms with Crippen LogP contribution in [0.2, 0.25) is 0 Å². The molecule has 2 aromatic rings. The molecule has 0 aromatic carbocycles. The van der Waals surface area contributed by atoms with E-state index in [1.54, 1.807) is 11.0 Å². The van der Waals surface area contributed by atoms with Crippen molar-refractivity contribution in [2.24, 2.45) is 11.8 Å². The molecule has 1 amide bonds. The van der Waals surface area contributed by atoms with Crippen LogP contribution in [0, 0.1) is 25.7 Å². The first-order valence-electron chi connectivity index (χ1n) is 8.61. The number of hydrogen-bond acceptors (Lipinski definition) is 5. The molecule has 0 radical (unpaired) electrons. The van der Waals surface area contributed by atoms with Crippen LogP contribution < -0.4 is 5.32 Å². The number of rotatable bonds is 6. The van der Waals surface area contributed by atoms with Crippen LogP contribution in [0.25, 0.3) is 0 Å². The molecule has 0 bridgehead atoms. The number of carbonyl (C=O) groups excluding carboxylic acids is 1. The van der Waals surface area contributed by atoms with Gasteiger partial charge in [0.05, 0.1) is 12.2 Å². The molecule has 0 atom stereocenters. The van der Waals surface area contributed by atoms with Crippen molar-refractivity contribution in [2.75, 3.05) is 6.54 Å². The highest BCUT2D eigenvalue weighted by Gasteiger charge is 2.26. The number of aromatic nitrogens is 6. The van der Waals surface area contributed by atoms with Crippen LogP contribution in [0.5, 0.6) is 0 Å². The molecule has 1 aliphatic carbocycles. The minimum atomic E-state index is 0.135. The second-order valence-corrected chi connectivity index (χ2v) is 6.69. The molecule has 0 aliphatic heterocycles. The molecule has 2 heterocycles. The van der Waals surface area contributed by atoms with Crippen molar-refractivity contribution in [3.63, 3.8) is 0 Å². The smallest absolute Gasteiger partial charge is 0.223 e. The Morgan fingerprint density at radius 2 is 2.08 bits per heavy atom. The quantitative estimate of drug-likeness (QED) is 0.856. The summed E-state index contributed by atoms with van der Waals surface area (Å²) in [6.45, 7) is 6.22. The van der Waals surface area contributed by atoms with Gasteiger partial charge in [-0.1, -0.05) is 0 Å². The van der Waals surface area contributed by atoms with Crippen molar-refractivity contribution in [2.45, 2.75) is 52.6 Å². The van der Waals surface area contributed by atoms with Gasteiger partial charge in [0.15, 0.2) is 0 Å². The molecule has 1 fully saturated rings. The lowest BCUT2D eigenvalue weighted by Crippen LogP contribution is -2.35. The largest absolute Gasteiger partial charge is 0.354 e. The second-order valence-electron chi connectivity index (χ2n) is 6.69. The predicted octanol–water partition coefficient (Wildman–Crippen LogP) is 1.11. The molecule has 0 unspecified atom stereocenters. The van der Waals surface area contributed by atoms with Crippen molar-refractivity contribution in [3.8, 4) is 0 Å². The van der Waals surface area contributed by atoms with Gasteiger partial charge in [-0.3, -0.25) is 9.48 Å². The lowest BCUT2D eigenvalue weighted by molar-refractivity contribution is -0.126. The fourth-order valence-corrected chi connectivity index (χ4v) is 3.47. The van der Waals surface area contributed by atoms with Gasteiger partial charge >= 0.3 is 0 Å². The average molecular weight is 331 g/mol.